The zero-order chi connectivity index (χ0) is 36.6. The van der Waals surface area contributed by atoms with Gasteiger partial charge in [0.15, 0.2) is 5.82 Å². The molecule has 0 aliphatic heterocycles. The molecule has 7 aromatic carbocycles. The maximum absolute atomic E-state index is 5.41. The van der Waals surface area contributed by atoms with E-state index in [0.717, 1.165) is 52.0 Å². The highest BCUT2D eigenvalue weighted by Gasteiger charge is 2.47. The quantitative estimate of drug-likeness (QED) is 0.165. The van der Waals surface area contributed by atoms with Crippen molar-refractivity contribution < 1.29 is 0 Å². The molecule has 55 heavy (non-hydrogen) atoms. The Morgan fingerprint density at radius 1 is 0.400 bits per heavy atom. The smallest absolute Gasteiger partial charge is 0.160 e. The Hall–Kier alpha value is -6.90. The molecule has 2 nitrogen and oxygen atoms in total. The van der Waals surface area contributed by atoms with E-state index < -0.39 is 5.41 Å². The van der Waals surface area contributed by atoms with Gasteiger partial charge in [-0.05, 0) is 92.8 Å². The van der Waals surface area contributed by atoms with Crippen LogP contribution in [0.5, 0.6) is 0 Å². The maximum atomic E-state index is 5.41. The Balaban J connectivity index is 1.31. The molecular formula is C53H38N2. The maximum Gasteiger partial charge on any atom is 0.160 e. The third-order valence-electron chi connectivity index (χ3n) is 11.3. The summed E-state index contributed by atoms with van der Waals surface area (Å²) in [6.45, 7) is 0. The molecule has 0 unspecified atom stereocenters. The number of hydrogen-bond acceptors (Lipinski definition) is 2. The second-order valence-corrected chi connectivity index (χ2v) is 14.4. The second-order valence-electron chi connectivity index (χ2n) is 14.4. The van der Waals surface area contributed by atoms with E-state index in [1.54, 1.807) is 0 Å². The highest BCUT2D eigenvalue weighted by Crippen LogP contribution is 2.58. The second kappa shape index (κ2) is 13.8. The van der Waals surface area contributed by atoms with Crippen LogP contribution in [0.4, 0.5) is 0 Å². The summed E-state index contributed by atoms with van der Waals surface area (Å²) in [6.07, 6.45) is 6.76. The molecule has 2 aliphatic rings. The molecule has 0 saturated heterocycles. The first-order chi connectivity index (χ1) is 27.3. The fourth-order valence-electron chi connectivity index (χ4n) is 8.77. The lowest BCUT2D eigenvalue weighted by Crippen LogP contribution is -2.29. The van der Waals surface area contributed by atoms with Gasteiger partial charge in [-0.25, -0.2) is 9.97 Å². The van der Waals surface area contributed by atoms with E-state index in [0.29, 0.717) is 5.82 Å². The van der Waals surface area contributed by atoms with Crippen LogP contribution >= 0.6 is 0 Å². The molecule has 0 saturated carbocycles. The Bertz CT molecular complexity index is 2620. The minimum absolute atomic E-state index is 0.482. The predicted molar refractivity (Wildman–Crippen MR) is 227 cm³/mol. The van der Waals surface area contributed by atoms with Gasteiger partial charge in [0.1, 0.15) is 0 Å². The van der Waals surface area contributed by atoms with E-state index in [2.05, 4.69) is 200 Å². The minimum Gasteiger partial charge on any atom is -0.228 e. The first kappa shape index (κ1) is 32.7. The van der Waals surface area contributed by atoms with Crippen molar-refractivity contribution in [2.45, 2.75) is 18.3 Å². The van der Waals surface area contributed by atoms with Crippen molar-refractivity contribution in [1.29, 1.82) is 0 Å². The van der Waals surface area contributed by atoms with Gasteiger partial charge in [-0.1, -0.05) is 182 Å². The average Bonchev–Trinajstić information content (AvgIpc) is 3.57. The van der Waals surface area contributed by atoms with Crippen LogP contribution in [-0.2, 0) is 5.41 Å². The average molecular weight is 703 g/mol. The van der Waals surface area contributed by atoms with Gasteiger partial charge in [-0.3, -0.25) is 0 Å². The standard InChI is InChI=1S/C53H38N2/c1-6-19-37(20-7-1)40-25-18-26-41(33-40)45-35-49-46(44-31-16-17-32-48(44)53(49,42-27-12-4-13-28-42)43-29-14-5-15-30-43)34-47(45)51-36-50(38-21-8-2-9-22-38)54-52(55-51)39-23-10-3-11-24-39/h1-15,17-30,32-36H,16,31H2. The molecule has 260 valence electrons. The molecule has 2 aliphatic carbocycles. The van der Waals surface area contributed by atoms with Crippen molar-refractivity contribution in [2.75, 3.05) is 0 Å². The van der Waals surface area contributed by atoms with Crippen molar-refractivity contribution >= 4 is 5.57 Å². The number of rotatable bonds is 7. The third kappa shape index (κ3) is 5.66. The van der Waals surface area contributed by atoms with Crippen LogP contribution in [-0.4, -0.2) is 9.97 Å². The van der Waals surface area contributed by atoms with Crippen LogP contribution in [0.25, 0.3) is 61.7 Å². The van der Waals surface area contributed by atoms with E-state index in [1.807, 2.05) is 6.07 Å². The van der Waals surface area contributed by atoms with Crippen LogP contribution in [0.1, 0.15) is 35.1 Å². The van der Waals surface area contributed by atoms with Crippen molar-refractivity contribution in [3.05, 3.63) is 234 Å². The molecule has 0 amide bonds. The summed E-state index contributed by atoms with van der Waals surface area (Å²) in [5.74, 6) is 0.713. The van der Waals surface area contributed by atoms with Gasteiger partial charge >= 0.3 is 0 Å². The van der Waals surface area contributed by atoms with Gasteiger partial charge in [0, 0.05) is 16.7 Å². The highest BCUT2D eigenvalue weighted by molar-refractivity contribution is 5.95. The largest absolute Gasteiger partial charge is 0.228 e. The van der Waals surface area contributed by atoms with Crippen LogP contribution in [0.15, 0.2) is 212 Å². The Morgan fingerprint density at radius 2 is 0.945 bits per heavy atom. The topological polar surface area (TPSA) is 25.8 Å². The molecule has 10 rings (SSSR count). The summed E-state index contributed by atoms with van der Waals surface area (Å²) >= 11 is 0. The number of allylic oxidation sites excluding steroid dienone is 4. The Kier molecular flexibility index (Phi) is 8.22. The summed E-state index contributed by atoms with van der Waals surface area (Å²) < 4.78 is 0. The zero-order valence-electron chi connectivity index (χ0n) is 30.4. The summed E-state index contributed by atoms with van der Waals surface area (Å²) in [6, 6.07) is 69.8. The van der Waals surface area contributed by atoms with Crippen molar-refractivity contribution in [1.82, 2.24) is 9.97 Å². The molecule has 0 spiro atoms. The molecule has 0 radical (unpaired) electrons. The first-order valence-corrected chi connectivity index (χ1v) is 19.1. The molecule has 2 heteroatoms. The fraction of sp³-hybridized carbons (Fsp3) is 0.0566. The third-order valence-corrected chi connectivity index (χ3v) is 11.3. The molecule has 1 heterocycles. The lowest BCUT2D eigenvalue weighted by molar-refractivity contribution is 0.757. The van der Waals surface area contributed by atoms with Crippen molar-refractivity contribution in [3.63, 3.8) is 0 Å². The molecule has 0 N–H and O–H groups in total. The van der Waals surface area contributed by atoms with E-state index in [9.17, 15) is 0 Å². The molecule has 0 atom stereocenters. The first-order valence-electron chi connectivity index (χ1n) is 19.1. The van der Waals surface area contributed by atoms with E-state index in [4.69, 9.17) is 9.97 Å². The molecule has 0 bridgehead atoms. The lowest BCUT2D eigenvalue weighted by atomic mass is 9.66. The van der Waals surface area contributed by atoms with Gasteiger partial charge in [0.2, 0.25) is 0 Å². The fourth-order valence-corrected chi connectivity index (χ4v) is 8.77. The number of nitrogens with zero attached hydrogens (tertiary/aromatic N) is 2. The van der Waals surface area contributed by atoms with Crippen LogP contribution < -0.4 is 0 Å². The summed E-state index contributed by atoms with van der Waals surface area (Å²) in [4.78, 5) is 10.6. The Labute approximate surface area is 322 Å². The van der Waals surface area contributed by atoms with Gasteiger partial charge in [-0.15, -0.1) is 0 Å². The normalized spacial score (nSPS) is 14.0. The Morgan fingerprint density at radius 3 is 1.60 bits per heavy atom. The monoisotopic (exact) mass is 702 g/mol. The number of aromatic nitrogens is 2. The van der Waals surface area contributed by atoms with Gasteiger partial charge in [-0.2, -0.15) is 0 Å². The van der Waals surface area contributed by atoms with Crippen LogP contribution in [0, 0.1) is 0 Å². The number of benzene rings is 7. The highest BCUT2D eigenvalue weighted by atomic mass is 14.9. The number of fused-ring (bicyclic) bond motifs is 2. The zero-order valence-corrected chi connectivity index (χ0v) is 30.4. The summed E-state index contributed by atoms with van der Waals surface area (Å²) in [5.41, 5.74) is 17.1. The molecule has 1 aromatic heterocycles. The minimum atomic E-state index is -0.482. The summed E-state index contributed by atoms with van der Waals surface area (Å²) in [5, 5.41) is 0. The van der Waals surface area contributed by atoms with Crippen LogP contribution in [0.2, 0.25) is 0 Å². The lowest BCUT2D eigenvalue weighted by Gasteiger charge is -2.35. The van der Waals surface area contributed by atoms with Crippen LogP contribution in [0.3, 0.4) is 0 Å². The van der Waals surface area contributed by atoms with Crippen molar-refractivity contribution in [2.24, 2.45) is 0 Å². The summed E-state index contributed by atoms with van der Waals surface area (Å²) in [7, 11) is 0. The molecule has 0 fully saturated rings. The predicted octanol–water partition coefficient (Wildman–Crippen LogP) is 13.3. The number of hydrogen-bond donors (Lipinski definition) is 0. The van der Waals surface area contributed by atoms with Gasteiger partial charge in [0.05, 0.1) is 16.8 Å². The van der Waals surface area contributed by atoms with Gasteiger partial charge in [0.25, 0.3) is 0 Å². The van der Waals surface area contributed by atoms with Gasteiger partial charge < -0.3 is 0 Å². The van der Waals surface area contributed by atoms with E-state index >= 15 is 0 Å². The van der Waals surface area contributed by atoms with Crippen molar-refractivity contribution in [3.8, 4) is 56.2 Å². The molecular weight excluding hydrogens is 665 g/mol. The van der Waals surface area contributed by atoms with E-state index in [-0.39, 0.29) is 0 Å². The molecule has 8 aromatic rings. The SMILES string of the molecule is C1=CC2=C(CC1)c1cc(-c3cc(-c4ccccc4)nc(-c4ccccc4)n3)c(-c3cccc(-c4ccccc4)c3)cc1C2(c1ccccc1)c1ccccc1. The van der Waals surface area contributed by atoms with E-state index in [1.165, 1.54) is 44.5 Å².